The fraction of sp³-hybridized carbons (Fsp3) is 0.615. The minimum Gasteiger partial charge on any atom is -0.479 e. The molecule has 0 bridgehead atoms. The van der Waals surface area contributed by atoms with E-state index in [0.717, 1.165) is 31.9 Å². The molecule has 2 rings (SSSR count). The average molecular weight is 343 g/mol. The summed E-state index contributed by atoms with van der Waals surface area (Å²) in [6.07, 6.45) is -1.25. The molecule has 0 saturated heterocycles. The number of aromatic nitrogens is 4. The highest BCUT2D eigenvalue weighted by Gasteiger charge is 2.29. The summed E-state index contributed by atoms with van der Waals surface area (Å²) in [5, 5.41) is 44.8. The Hall–Kier alpha value is -2.37. The Balaban J connectivity index is 0.000000257. The van der Waals surface area contributed by atoms with Gasteiger partial charge in [-0.1, -0.05) is 6.08 Å². The van der Waals surface area contributed by atoms with Gasteiger partial charge >= 0.3 is 11.9 Å². The van der Waals surface area contributed by atoms with E-state index in [0.29, 0.717) is 0 Å². The normalized spacial score (nSPS) is 17.2. The van der Waals surface area contributed by atoms with Crippen LogP contribution in [0.15, 0.2) is 6.08 Å². The Morgan fingerprint density at radius 3 is 2.25 bits per heavy atom. The summed E-state index contributed by atoms with van der Waals surface area (Å²) in [6.45, 7) is 4.82. The maximum absolute atomic E-state index is 9.77. The lowest BCUT2D eigenvalue weighted by Crippen LogP contribution is -2.39. The van der Waals surface area contributed by atoms with Crippen LogP contribution in [0.3, 0.4) is 0 Å². The van der Waals surface area contributed by atoms with Crippen molar-refractivity contribution in [2.24, 2.45) is 0 Å². The number of hydrogen-bond acceptors (Lipinski definition) is 8. The molecule has 0 spiro atoms. The topological polar surface area (TPSA) is 162 Å². The fourth-order valence-corrected chi connectivity index (χ4v) is 1.83. The van der Waals surface area contributed by atoms with E-state index in [-0.39, 0.29) is 0 Å². The van der Waals surface area contributed by atoms with Gasteiger partial charge in [0, 0.05) is 18.7 Å². The monoisotopic (exact) mass is 343 g/mol. The number of aliphatic hydroxyl groups excluding tert-OH is 2. The number of rotatable bonds is 5. The smallest absolute Gasteiger partial charge is 0.335 e. The minimum atomic E-state index is -2.27. The third-order valence-electron chi connectivity index (χ3n) is 3.17. The van der Waals surface area contributed by atoms with Crippen molar-refractivity contribution in [1.29, 1.82) is 0 Å². The van der Waals surface area contributed by atoms with Crippen LogP contribution in [0.1, 0.15) is 19.2 Å². The molecule has 0 aromatic carbocycles. The van der Waals surface area contributed by atoms with Crippen LogP contribution in [0.5, 0.6) is 0 Å². The van der Waals surface area contributed by atoms with E-state index < -0.39 is 24.1 Å². The van der Waals surface area contributed by atoms with Crippen molar-refractivity contribution in [1.82, 2.24) is 25.1 Å². The number of carboxylic acid groups (broad SMARTS) is 2. The molecule has 0 amide bonds. The molecule has 0 radical (unpaired) electrons. The summed E-state index contributed by atoms with van der Waals surface area (Å²) in [7, 11) is 2.11. The van der Waals surface area contributed by atoms with E-state index in [1.807, 2.05) is 6.92 Å². The molecular formula is C13H21N5O6. The van der Waals surface area contributed by atoms with Crippen molar-refractivity contribution in [3.63, 3.8) is 0 Å². The summed E-state index contributed by atoms with van der Waals surface area (Å²) >= 11 is 0. The zero-order chi connectivity index (χ0) is 18.3. The molecule has 0 fully saturated rings. The number of carboxylic acids is 2. The summed E-state index contributed by atoms with van der Waals surface area (Å²) in [5.74, 6) is -2.76. The van der Waals surface area contributed by atoms with Gasteiger partial charge in [-0.2, -0.15) is 4.80 Å². The van der Waals surface area contributed by atoms with Crippen molar-refractivity contribution >= 4 is 17.5 Å². The molecule has 1 aliphatic heterocycles. The van der Waals surface area contributed by atoms with Gasteiger partial charge in [0.05, 0.1) is 6.54 Å². The van der Waals surface area contributed by atoms with Crippen molar-refractivity contribution in [3.8, 4) is 0 Å². The lowest BCUT2D eigenvalue weighted by atomic mass is 10.1. The number of aliphatic hydroxyl groups is 2. The van der Waals surface area contributed by atoms with Gasteiger partial charge in [0.2, 0.25) is 5.82 Å². The number of nitrogens with zero attached hydrogens (tertiary/aromatic N) is 5. The van der Waals surface area contributed by atoms with Crippen molar-refractivity contribution in [3.05, 3.63) is 11.9 Å². The predicted molar refractivity (Wildman–Crippen MR) is 80.9 cm³/mol. The lowest BCUT2D eigenvalue weighted by molar-refractivity contribution is -0.165. The Morgan fingerprint density at radius 2 is 1.83 bits per heavy atom. The number of aliphatic carboxylic acids is 2. The number of likely N-dealkylation sites (N-methyl/N-ethyl adjacent to an activating group) is 1. The molecule has 11 heteroatoms. The van der Waals surface area contributed by atoms with Crippen LogP contribution in [0.4, 0.5) is 0 Å². The number of hydrogen-bond donors (Lipinski definition) is 4. The highest BCUT2D eigenvalue weighted by Crippen LogP contribution is 2.15. The highest BCUT2D eigenvalue weighted by molar-refractivity contribution is 5.83. The van der Waals surface area contributed by atoms with Gasteiger partial charge in [-0.3, -0.25) is 0 Å². The molecule has 2 heterocycles. The number of tetrazole rings is 1. The van der Waals surface area contributed by atoms with Crippen LogP contribution >= 0.6 is 0 Å². The molecule has 1 aromatic heterocycles. The van der Waals surface area contributed by atoms with E-state index in [1.54, 1.807) is 4.80 Å². The Bertz CT molecular complexity index is 583. The second-order valence-electron chi connectivity index (χ2n) is 5.12. The molecule has 2 atom stereocenters. The second kappa shape index (κ2) is 9.05. The summed E-state index contributed by atoms with van der Waals surface area (Å²) < 4.78 is 0. The maximum atomic E-state index is 9.77. The Labute approximate surface area is 137 Å². The van der Waals surface area contributed by atoms with E-state index in [9.17, 15) is 9.59 Å². The van der Waals surface area contributed by atoms with Gasteiger partial charge < -0.3 is 25.3 Å². The van der Waals surface area contributed by atoms with E-state index >= 15 is 0 Å². The maximum Gasteiger partial charge on any atom is 0.335 e. The van der Waals surface area contributed by atoms with Gasteiger partial charge in [0.25, 0.3) is 0 Å². The zero-order valence-corrected chi connectivity index (χ0v) is 13.4. The molecule has 0 aliphatic carbocycles. The zero-order valence-electron chi connectivity index (χ0n) is 13.4. The molecule has 11 nitrogen and oxygen atoms in total. The third-order valence-corrected chi connectivity index (χ3v) is 3.17. The number of carbonyl (C=O) groups is 2. The molecule has 4 N–H and O–H groups in total. The van der Waals surface area contributed by atoms with Gasteiger partial charge in [0.15, 0.2) is 12.2 Å². The summed E-state index contributed by atoms with van der Waals surface area (Å²) in [6, 6.07) is 0. The first-order valence-corrected chi connectivity index (χ1v) is 7.23. The largest absolute Gasteiger partial charge is 0.479 e. The predicted octanol–water partition coefficient (Wildman–Crippen LogP) is -1.71. The molecular weight excluding hydrogens is 322 g/mol. The van der Waals surface area contributed by atoms with Crippen molar-refractivity contribution in [2.75, 3.05) is 20.1 Å². The molecule has 0 saturated carbocycles. The molecule has 1 aromatic rings. The first-order valence-electron chi connectivity index (χ1n) is 7.23. The average Bonchev–Trinajstić information content (AvgIpc) is 3.03. The molecule has 24 heavy (non-hydrogen) atoms. The van der Waals surface area contributed by atoms with Crippen LogP contribution in [-0.2, 0) is 16.1 Å². The fourth-order valence-electron chi connectivity index (χ4n) is 1.83. The highest BCUT2D eigenvalue weighted by atomic mass is 16.4. The van der Waals surface area contributed by atoms with Crippen LogP contribution < -0.4 is 0 Å². The summed E-state index contributed by atoms with van der Waals surface area (Å²) in [5.41, 5.74) is 1.19. The second-order valence-corrected chi connectivity index (χ2v) is 5.12. The lowest BCUT2D eigenvalue weighted by Gasteiger charge is -2.20. The van der Waals surface area contributed by atoms with Gasteiger partial charge in [0.1, 0.15) is 0 Å². The van der Waals surface area contributed by atoms with Crippen molar-refractivity contribution in [2.45, 2.75) is 32.1 Å². The molecule has 1 aliphatic rings. The first-order chi connectivity index (χ1) is 11.3. The van der Waals surface area contributed by atoms with Gasteiger partial charge in [-0.15, -0.1) is 10.2 Å². The van der Waals surface area contributed by atoms with E-state index in [4.69, 9.17) is 20.4 Å². The van der Waals surface area contributed by atoms with Crippen LogP contribution in [0, 0.1) is 0 Å². The van der Waals surface area contributed by atoms with Gasteiger partial charge in [-0.05, 0) is 25.6 Å². The SMILES string of the molecule is CCn1nnc(C2=CCCN(C)C2)n1.O=C(O)C(O)C(O)C(=O)O. The van der Waals surface area contributed by atoms with Crippen LogP contribution in [0.2, 0.25) is 0 Å². The third kappa shape index (κ3) is 5.68. The van der Waals surface area contributed by atoms with Crippen molar-refractivity contribution < 1.29 is 30.0 Å². The Kier molecular flexibility index (Phi) is 7.42. The van der Waals surface area contributed by atoms with Crippen LogP contribution in [-0.4, -0.2) is 89.8 Å². The summed E-state index contributed by atoms with van der Waals surface area (Å²) in [4.78, 5) is 23.4. The van der Waals surface area contributed by atoms with E-state index in [1.165, 1.54) is 5.57 Å². The molecule has 2 unspecified atom stereocenters. The van der Waals surface area contributed by atoms with Crippen LogP contribution in [0.25, 0.3) is 5.57 Å². The van der Waals surface area contributed by atoms with E-state index in [2.05, 4.69) is 33.4 Å². The standard InChI is InChI=1S/C9H15N5.C4H6O6/c1-3-14-11-9(10-12-14)8-5-4-6-13(2)7-8;5-1(3(7)8)2(6)4(9)10/h5H,3-4,6-7H2,1-2H3;1-2,5-6H,(H,7,8)(H,9,10). The Morgan fingerprint density at radius 1 is 1.25 bits per heavy atom. The molecule has 134 valence electrons. The quantitative estimate of drug-likeness (QED) is 0.484. The first kappa shape index (κ1) is 19.7. The number of aryl methyl sites for hydroxylation is 1. The van der Waals surface area contributed by atoms with Gasteiger partial charge in [-0.25, -0.2) is 9.59 Å². The minimum absolute atomic E-state index is 0.774.